The molecule has 2 saturated heterocycles. The number of fused-ring (bicyclic) bond motifs is 3. The van der Waals surface area contributed by atoms with Gasteiger partial charge >= 0.3 is 0 Å². The Hall–Kier alpha value is -2.36. The molecule has 2 bridgehead atoms. The van der Waals surface area contributed by atoms with Gasteiger partial charge in [-0.1, -0.05) is 12.1 Å². The van der Waals surface area contributed by atoms with Gasteiger partial charge in [0.2, 0.25) is 0 Å². The van der Waals surface area contributed by atoms with E-state index in [2.05, 4.69) is 22.3 Å². The topological polar surface area (TPSA) is 32.3 Å². The third-order valence-corrected chi connectivity index (χ3v) is 6.60. The normalized spacial score (nSPS) is 26.4. The first-order chi connectivity index (χ1) is 13.2. The van der Waals surface area contributed by atoms with E-state index >= 15 is 0 Å². The molecule has 140 valence electrons. The second kappa shape index (κ2) is 6.66. The number of benzene rings is 2. The van der Waals surface area contributed by atoms with Gasteiger partial charge in [0.05, 0.1) is 0 Å². The number of piperidine rings is 1. The second-order valence-corrected chi connectivity index (χ2v) is 8.22. The van der Waals surface area contributed by atoms with Gasteiger partial charge in [-0.15, -0.1) is 0 Å². The van der Waals surface area contributed by atoms with Crippen LogP contribution in [-0.4, -0.2) is 29.4 Å². The number of amides is 1. The lowest BCUT2D eigenvalue weighted by atomic mass is 9.84. The first-order valence-corrected chi connectivity index (χ1v) is 10.1. The Morgan fingerprint density at radius 3 is 2.52 bits per heavy atom. The molecular formula is C23H25FN2O. The Balaban J connectivity index is 1.36. The molecule has 1 amide bonds. The largest absolute Gasteiger partial charge is 0.385 e. The van der Waals surface area contributed by atoms with Crippen molar-refractivity contribution in [2.45, 2.75) is 56.5 Å². The Morgan fingerprint density at radius 2 is 1.78 bits per heavy atom. The number of hydrogen-bond donors (Lipinski definition) is 1. The Labute approximate surface area is 159 Å². The van der Waals surface area contributed by atoms with Crippen molar-refractivity contribution in [3.8, 4) is 0 Å². The smallest absolute Gasteiger partial charge is 0.254 e. The number of rotatable bonds is 2. The summed E-state index contributed by atoms with van der Waals surface area (Å²) in [6.07, 6.45) is 6.31. The molecule has 0 aliphatic carbocycles. The number of nitrogens with one attached hydrogen (secondary N) is 1. The minimum absolute atomic E-state index is 0.184. The average Bonchev–Trinajstić information content (AvgIpc) is 2.97. The van der Waals surface area contributed by atoms with E-state index in [1.807, 2.05) is 18.2 Å². The molecular weight excluding hydrogens is 339 g/mol. The molecule has 2 aromatic rings. The lowest BCUT2D eigenvalue weighted by Gasteiger charge is -2.39. The zero-order valence-corrected chi connectivity index (χ0v) is 15.5. The summed E-state index contributed by atoms with van der Waals surface area (Å²) in [5.41, 5.74) is 4.48. The highest BCUT2D eigenvalue weighted by molar-refractivity contribution is 5.95. The quantitative estimate of drug-likeness (QED) is 0.835. The van der Waals surface area contributed by atoms with Crippen LogP contribution >= 0.6 is 0 Å². The minimum atomic E-state index is -0.184. The van der Waals surface area contributed by atoms with Crippen LogP contribution in [0.5, 0.6) is 0 Å². The molecule has 3 aliphatic rings. The summed E-state index contributed by atoms with van der Waals surface area (Å²) in [4.78, 5) is 15.4. The van der Waals surface area contributed by atoms with Crippen molar-refractivity contribution in [3.63, 3.8) is 0 Å². The highest BCUT2D eigenvalue weighted by atomic mass is 19.1. The van der Waals surface area contributed by atoms with Gasteiger partial charge in [-0.25, -0.2) is 4.39 Å². The third-order valence-electron chi connectivity index (χ3n) is 6.60. The van der Waals surface area contributed by atoms with E-state index in [9.17, 15) is 9.18 Å². The predicted octanol–water partition coefficient (Wildman–Crippen LogP) is 4.73. The van der Waals surface area contributed by atoms with Crippen LogP contribution in [0, 0.1) is 5.82 Å². The first-order valence-electron chi connectivity index (χ1n) is 10.1. The molecule has 1 unspecified atom stereocenters. The summed E-state index contributed by atoms with van der Waals surface area (Å²) in [5.74, 6) is 0.435. The molecule has 2 aromatic carbocycles. The molecule has 0 radical (unpaired) electrons. The molecule has 3 aliphatic heterocycles. The second-order valence-electron chi connectivity index (χ2n) is 8.22. The van der Waals surface area contributed by atoms with Crippen molar-refractivity contribution in [2.75, 3.05) is 11.9 Å². The zero-order chi connectivity index (χ0) is 18.4. The number of aryl methyl sites for hydroxylation is 1. The van der Waals surface area contributed by atoms with Crippen LogP contribution in [0.3, 0.4) is 0 Å². The average molecular weight is 364 g/mol. The molecule has 1 N–H and O–H groups in total. The molecule has 0 aromatic heterocycles. The monoisotopic (exact) mass is 364 g/mol. The van der Waals surface area contributed by atoms with E-state index in [4.69, 9.17) is 0 Å². The number of carbonyl (C=O) groups excluding carboxylic acids is 1. The molecule has 3 atom stereocenters. The lowest BCUT2D eigenvalue weighted by molar-refractivity contribution is 0.0571. The number of nitrogens with zero attached hydrogens (tertiary/aromatic N) is 1. The van der Waals surface area contributed by atoms with E-state index in [1.54, 1.807) is 12.1 Å². The van der Waals surface area contributed by atoms with E-state index in [0.717, 1.165) is 50.6 Å². The summed E-state index contributed by atoms with van der Waals surface area (Å²) in [6, 6.07) is 13.7. The highest BCUT2D eigenvalue weighted by Crippen LogP contribution is 2.43. The van der Waals surface area contributed by atoms with Gasteiger partial charge < -0.3 is 10.2 Å². The van der Waals surface area contributed by atoms with Gasteiger partial charge in [0.25, 0.3) is 5.91 Å². The minimum Gasteiger partial charge on any atom is -0.385 e. The van der Waals surface area contributed by atoms with Gasteiger partial charge in [-0.2, -0.15) is 0 Å². The predicted molar refractivity (Wildman–Crippen MR) is 105 cm³/mol. The Bertz CT molecular complexity index is 849. The van der Waals surface area contributed by atoms with E-state index in [-0.39, 0.29) is 11.7 Å². The molecule has 3 nitrogen and oxygen atoms in total. The fraction of sp³-hybridized carbons (Fsp3) is 0.435. The van der Waals surface area contributed by atoms with Crippen LogP contribution in [0.1, 0.15) is 59.5 Å². The summed E-state index contributed by atoms with van der Waals surface area (Å²) >= 11 is 0. The van der Waals surface area contributed by atoms with Crippen molar-refractivity contribution in [1.82, 2.24) is 4.90 Å². The van der Waals surface area contributed by atoms with Gasteiger partial charge in [-0.3, -0.25) is 4.79 Å². The van der Waals surface area contributed by atoms with E-state index < -0.39 is 0 Å². The SMILES string of the molecule is O=C(c1ccc2c(c1)CCCN2)N1[C@@H]2CC[C@H]1CC(c1ccc(F)cc1)C2. The maximum absolute atomic E-state index is 13.3. The summed E-state index contributed by atoms with van der Waals surface area (Å²) in [7, 11) is 0. The lowest BCUT2D eigenvalue weighted by Crippen LogP contribution is -2.46. The number of carbonyl (C=O) groups is 1. The maximum atomic E-state index is 13.3. The van der Waals surface area contributed by atoms with Crippen molar-refractivity contribution in [2.24, 2.45) is 0 Å². The Morgan fingerprint density at radius 1 is 1.04 bits per heavy atom. The molecule has 27 heavy (non-hydrogen) atoms. The van der Waals surface area contributed by atoms with Gasteiger partial charge in [-0.05, 0) is 85.9 Å². The summed E-state index contributed by atoms with van der Waals surface area (Å²) in [6.45, 7) is 1.02. The maximum Gasteiger partial charge on any atom is 0.254 e. The summed E-state index contributed by atoms with van der Waals surface area (Å²) in [5, 5.41) is 3.41. The van der Waals surface area contributed by atoms with Crippen LogP contribution in [0.25, 0.3) is 0 Å². The van der Waals surface area contributed by atoms with Crippen LogP contribution < -0.4 is 5.32 Å². The van der Waals surface area contributed by atoms with Crippen LogP contribution in [0.4, 0.5) is 10.1 Å². The summed E-state index contributed by atoms with van der Waals surface area (Å²) < 4.78 is 13.2. The molecule has 2 fully saturated rings. The first kappa shape index (κ1) is 16.8. The van der Waals surface area contributed by atoms with Crippen LogP contribution in [-0.2, 0) is 6.42 Å². The van der Waals surface area contributed by atoms with Crippen molar-refractivity contribution in [3.05, 3.63) is 65.0 Å². The van der Waals surface area contributed by atoms with Crippen molar-refractivity contribution in [1.29, 1.82) is 0 Å². The standard InChI is InChI=1S/C23H25FN2O/c24-19-6-3-15(4-7-19)18-13-20-8-9-21(14-18)26(20)23(27)17-5-10-22-16(12-17)2-1-11-25-22/h3-7,10,12,18,20-21,25H,1-2,8-9,11,13-14H2/t18?,20-,21+. The Kier molecular flexibility index (Phi) is 4.14. The highest BCUT2D eigenvalue weighted by Gasteiger charge is 2.43. The van der Waals surface area contributed by atoms with Crippen molar-refractivity contribution >= 4 is 11.6 Å². The molecule has 0 saturated carbocycles. The third kappa shape index (κ3) is 3.01. The van der Waals surface area contributed by atoms with Gasteiger partial charge in [0.1, 0.15) is 5.82 Å². The number of hydrogen-bond acceptors (Lipinski definition) is 2. The molecule has 3 heterocycles. The van der Waals surface area contributed by atoms with E-state index in [1.165, 1.54) is 16.8 Å². The molecule has 4 heteroatoms. The fourth-order valence-electron chi connectivity index (χ4n) is 5.27. The van der Waals surface area contributed by atoms with Gasteiger partial charge in [0.15, 0.2) is 0 Å². The zero-order valence-electron chi connectivity index (χ0n) is 15.5. The number of halogens is 1. The fourth-order valence-corrected chi connectivity index (χ4v) is 5.27. The number of anilines is 1. The van der Waals surface area contributed by atoms with Crippen molar-refractivity contribution < 1.29 is 9.18 Å². The molecule has 5 rings (SSSR count). The molecule has 0 spiro atoms. The van der Waals surface area contributed by atoms with Crippen LogP contribution in [0.15, 0.2) is 42.5 Å². The van der Waals surface area contributed by atoms with Gasteiger partial charge in [0, 0.05) is 29.9 Å². The van der Waals surface area contributed by atoms with E-state index in [0.29, 0.717) is 18.0 Å². The van der Waals surface area contributed by atoms with Crippen LogP contribution in [0.2, 0.25) is 0 Å².